The van der Waals surface area contributed by atoms with Crippen LogP contribution in [0.4, 0.5) is 0 Å². The van der Waals surface area contributed by atoms with Gasteiger partial charge >= 0.3 is 0 Å². The fraction of sp³-hybridized carbons (Fsp3) is 0.222. The summed E-state index contributed by atoms with van der Waals surface area (Å²) in [6.07, 6.45) is 1.87. The van der Waals surface area contributed by atoms with E-state index < -0.39 is 0 Å². The maximum absolute atomic E-state index is 3.94. The predicted molar refractivity (Wildman–Crippen MR) is 44.7 cm³/mol. The second-order valence-electron chi connectivity index (χ2n) is 2.24. The zero-order chi connectivity index (χ0) is 7.40. The average molecular weight is 133 g/mol. The average Bonchev–Trinajstić information content (AvgIpc) is 1.94. The van der Waals surface area contributed by atoms with Crippen LogP contribution in [0.1, 0.15) is 11.1 Å². The number of aliphatic imine (C=N–C) groups is 1. The van der Waals surface area contributed by atoms with Gasteiger partial charge in [-0.25, -0.2) is 0 Å². The lowest BCUT2D eigenvalue weighted by atomic mass is 10.1. The van der Waals surface area contributed by atoms with Crippen molar-refractivity contribution < 1.29 is 0 Å². The highest BCUT2D eigenvalue weighted by Gasteiger charge is 1.88. The Morgan fingerprint density at radius 3 is 2.60 bits per heavy atom. The first-order valence-corrected chi connectivity index (χ1v) is 3.32. The maximum Gasteiger partial charge on any atom is 0.0284 e. The molecule has 1 aromatic rings. The summed E-state index contributed by atoms with van der Waals surface area (Å²) in [5, 5.41) is 0. The Kier molecular flexibility index (Phi) is 2.21. The van der Waals surface area contributed by atoms with Crippen LogP contribution in [0.15, 0.2) is 29.3 Å². The molecule has 0 saturated heterocycles. The lowest BCUT2D eigenvalue weighted by Crippen LogP contribution is -1.84. The van der Waals surface area contributed by atoms with Crippen molar-refractivity contribution in [2.75, 3.05) is 7.05 Å². The number of rotatable bonds is 1. The zero-order valence-corrected chi connectivity index (χ0v) is 6.33. The SMILES string of the molecule is C/N=C/c1ccccc1C. The third-order valence-corrected chi connectivity index (χ3v) is 1.46. The van der Waals surface area contributed by atoms with Gasteiger partial charge in [0.2, 0.25) is 0 Å². The molecular formula is C9H11N. The molecule has 0 heterocycles. The first-order valence-electron chi connectivity index (χ1n) is 3.32. The highest BCUT2D eigenvalue weighted by Crippen LogP contribution is 2.02. The fourth-order valence-electron chi connectivity index (χ4n) is 0.871. The van der Waals surface area contributed by atoms with Gasteiger partial charge in [-0.3, -0.25) is 4.99 Å². The number of aryl methyl sites for hydroxylation is 1. The molecule has 0 atom stereocenters. The lowest BCUT2D eigenvalue weighted by Gasteiger charge is -1.95. The van der Waals surface area contributed by atoms with Crippen LogP contribution in [0.3, 0.4) is 0 Å². The van der Waals surface area contributed by atoms with E-state index in [0.717, 1.165) is 0 Å². The lowest BCUT2D eigenvalue weighted by molar-refractivity contribution is 1.41. The minimum atomic E-state index is 1.20. The van der Waals surface area contributed by atoms with Crippen molar-refractivity contribution in [2.45, 2.75) is 6.92 Å². The third kappa shape index (κ3) is 1.44. The Labute approximate surface area is 61.4 Å². The van der Waals surface area contributed by atoms with Crippen molar-refractivity contribution in [1.29, 1.82) is 0 Å². The van der Waals surface area contributed by atoms with E-state index in [2.05, 4.69) is 24.0 Å². The molecule has 10 heavy (non-hydrogen) atoms. The molecule has 0 saturated carbocycles. The van der Waals surface area contributed by atoms with E-state index in [4.69, 9.17) is 0 Å². The summed E-state index contributed by atoms with van der Waals surface area (Å²) in [4.78, 5) is 3.94. The van der Waals surface area contributed by atoms with Crippen LogP contribution in [-0.4, -0.2) is 13.3 Å². The van der Waals surface area contributed by atoms with Crippen LogP contribution in [-0.2, 0) is 0 Å². The molecular weight excluding hydrogens is 122 g/mol. The van der Waals surface area contributed by atoms with Crippen LogP contribution >= 0.6 is 0 Å². The van der Waals surface area contributed by atoms with E-state index in [-0.39, 0.29) is 0 Å². The second-order valence-corrected chi connectivity index (χ2v) is 2.24. The number of benzene rings is 1. The minimum absolute atomic E-state index is 1.20. The molecule has 0 unspecified atom stereocenters. The van der Waals surface area contributed by atoms with Crippen molar-refractivity contribution >= 4 is 6.21 Å². The summed E-state index contributed by atoms with van der Waals surface area (Å²) in [5.41, 5.74) is 2.47. The van der Waals surface area contributed by atoms with Gasteiger partial charge in [0.05, 0.1) is 0 Å². The molecule has 0 bridgehead atoms. The van der Waals surface area contributed by atoms with Gasteiger partial charge in [-0.1, -0.05) is 24.3 Å². The van der Waals surface area contributed by atoms with Gasteiger partial charge in [-0.05, 0) is 18.1 Å². The topological polar surface area (TPSA) is 12.4 Å². The smallest absolute Gasteiger partial charge is 0.0284 e. The molecule has 0 aliphatic rings. The van der Waals surface area contributed by atoms with E-state index in [1.54, 1.807) is 7.05 Å². The van der Waals surface area contributed by atoms with Gasteiger partial charge in [-0.2, -0.15) is 0 Å². The number of hydrogen-bond acceptors (Lipinski definition) is 1. The van der Waals surface area contributed by atoms with Gasteiger partial charge in [0.1, 0.15) is 0 Å². The van der Waals surface area contributed by atoms with Gasteiger partial charge in [-0.15, -0.1) is 0 Å². The molecule has 0 fully saturated rings. The van der Waals surface area contributed by atoms with Gasteiger partial charge in [0, 0.05) is 13.3 Å². The maximum atomic E-state index is 3.94. The largest absolute Gasteiger partial charge is 0.296 e. The van der Waals surface area contributed by atoms with Crippen LogP contribution in [0.25, 0.3) is 0 Å². The summed E-state index contributed by atoms with van der Waals surface area (Å²) < 4.78 is 0. The van der Waals surface area contributed by atoms with Crippen LogP contribution in [0.5, 0.6) is 0 Å². The Hall–Kier alpha value is -1.11. The van der Waals surface area contributed by atoms with Crippen molar-refractivity contribution in [2.24, 2.45) is 4.99 Å². The summed E-state index contributed by atoms with van der Waals surface area (Å²) >= 11 is 0. The molecule has 0 aromatic heterocycles. The molecule has 1 nitrogen and oxygen atoms in total. The van der Waals surface area contributed by atoms with Gasteiger partial charge in [0.25, 0.3) is 0 Å². The van der Waals surface area contributed by atoms with Crippen LogP contribution < -0.4 is 0 Å². The molecule has 0 spiro atoms. The molecule has 0 aliphatic carbocycles. The highest BCUT2D eigenvalue weighted by atomic mass is 14.6. The molecule has 1 aromatic carbocycles. The van der Waals surface area contributed by atoms with Crippen molar-refractivity contribution in [3.63, 3.8) is 0 Å². The molecule has 1 heteroatoms. The van der Waals surface area contributed by atoms with Crippen LogP contribution in [0, 0.1) is 6.92 Å². The summed E-state index contributed by atoms with van der Waals surface area (Å²) in [5.74, 6) is 0. The Bertz CT molecular complexity index is 238. The third-order valence-electron chi connectivity index (χ3n) is 1.46. The normalized spacial score (nSPS) is 10.6. The van der Waals surface area contributed by atoms with Gasteiger partial charge < -0.3 is 0 Å². The Morgan fingerprint density at radius 1 is 1.30 bits per heavy atom. The summed E-state index contributed by atoms with van der Waals surface area (Å²) in [7, 11) is 1.78. The number of nitrogens with zero attached hydrogens (tertiary/aromatic N) is 1. The monoisotopic (exact) mass is 133 g/mol. The van der Waals surface area contributed by atoms with Gasteiger partial charge in [0.15, 0.2) is 0 Å². The number of hydrogen-bond donors (Lipinski definition) is 0. The van der Waals surface area contributed by atoms with Crippen molar-refractivity contribution in [3.8, 4) is 0 Å². The second kappa shape index (κ2) is 3.16. The molecule has 0 radical (unpaired) electrons. The molecule has 0 amide bonds. The summed E-state index contributed by atoms with van der Waals surface area (Å²) in [6.45, 7) is 2.08. The quantitative estimate of drug-likeness (QED) is 0.520. The summed E-state index contributed by atoms with van der Waals surface area (Å²) in [6, 6.07) is 8.19. The first kappa shape index (κ1) is 7.00. The van der Waals surface area contributed by atoms with E-state index in [9.17, 15) is 0 Å². The molecule has 0 N–H and O–H groups in total. The van der Waals surface area contributed by atoms with Crippen LogP contribution in [0.2, 0.25) is 0 Å². The fourth-order valence-corrected chi connectivity index (χ4v) is 0.871. The molecule has 52 valence electrons. The first-order chi connectivity index (χ1) is 4.84. The standard InChI is InChI=1S/C9H11N/c1-8-5-3-4-6-9(8)7-10-2/h3-7H,1-2H3/b10-7+. The van der Waals surface area contributed by atoms with E-state index >= 15 is 0 Å². The Morgan fingerprint density at radius 2 is 2.00 bits per heavy atom. The molecule has 0 aliphatic heterocycles. The van der Waals surface area contributed by atoms with E-state index in [1.807, 2.05) is 18.3 Å². The van der Waals surface area contributed by atoms with E-state index in [1.165, 1.54) is 11.1 Å². The molecule has 1 rings (SSSR count). The Balaban J connectivity index is 3.03. The van der Waals surface area contributed by atoms with Crippen molar-refractivity contribution in [1.82, 2.24) is 0 Å². The minimum Gasteiger partial charge on any atom is -0.296 e. The zero-order valence-electron chi connectivity index (χ0n) is 6.33. The highest BCUT2D eigenvalue weighted by molar-refractivity contribution is 5.81. The van der Waals surface area contributed by atoms with E-state index in [0.29, 0.717) is 0 Å². The van der Waals surface area contributed by atoms with Crippen molar-refractivity contribution in [3.05, 3.63) is 35.4 Å². The predicted octanol–water partition coefficient (Wildman–Crippen LogP) is 2.04.